The molecule has 0 unspecified atom stereocenters. The Hall–Kier alpha value is -4.91. The maximum atomic E-state index is 9.32. The van der Waals surface area contributed by atoms with E-state index >= 15 is 0 Å². The van der Waals surface area contributed by atoms with Gasteiger partial charge in [0, 0.05) is 0 Å². The van der Waals surface area contributed by atoms with E-state index in [4.69, 9.17) is 14.5 Å². The van der Waals surface area contributed by atoms with E-state index in [9.17, 15) is 5.11 Å². The molecule has 35 heavy (non-hydrogen) atoms. The van der Waals surface area contributed by atoms with Gasteiger partial charge in [0.05, 0.1) is 18.6 Å². The summed E-state index contributed by atoms with van der Waals surface area (Å²) in [6.45, 7) is 0.405. The lowest BCUT2D eigenvalue weighted by Crippen LogP contribution is -1.91. The number of phenolic OH excluding ortho intramolecular Hbond substituents is 1. The van der Waals surface area contributed by atoms with Gasteiger partial charge in [-0.2, -0.15) is 0 Å². The van der Waals surface area contributed by atoms with Crippen molar-refractivity contribution in [2.75, 3.05) is 0 Å². The summed E-state index contributed by atoms with van der Waals surface area (Å²) in [5, 5.41) is 21.3. The van der Waals surface area contributed by atoms with Gasteiger partial charge in [-0.25, -0.2) is 0 Å². The van der Waals surface area contributed by atoms with Crippen molar-refractivity contribution in [3.8, 4) is 17.2 Å². The minimum Gasteiger partial charge on any atom is -0.508 e. The Morgan fingerprint density at radius 1 is 0.571 bits per heavy atom. The number of hydrogen-bond donors (Lipinski definition) is 1. The first-order chi connectivity index (χ1) is 17.2. The average Bonchev–Trinajstić information content (AvgIpc) is 2.89. The third-order valence-electron chi connectivity index (χ3n) is 4.68. The highest BCUT2D eigenvalue weighted by atomic mass is 16.6. The molecule has 0 atom stereocenters. The van der Waals surface area contributed by atoms with Crippen molar-refractivity contribution in [3.05, 3.63) is 125 Å². The second kappa shape index (κ2) is 12.4. The number of hydrogen-bond acceptors (Lipinski definition) is 7. The molecule has 4 rings (SSSR count). The van der Waals surface area contributed by atoms with Gasteiger partial charge in [-0.1, -0.05) is 70.1 Å². The van der Waals surface area contributed by atoms with E-state index in [1.54, 1.807) is 61.1 Å². The predicted octanol–water partition coefficient (Wildman–Crippen LogP) is 5.77. The maximum Gasteiger partial charge on any atom is 0.158 e. The summed E-state index contributed by atoms with van der Waals surface area (Å²) >= 11 is 0. The Labute approximate surface area is 203 Å². The molecule has 0 aliphatic rings. The van der Waals surface area contributed by atoms with Crippen LogP contribution in [0.15, 0.2) is 119 Å². The summed E-state index contributed by atoms with van der Waals surface area (Å²) in [6, 6.07) is 31.1. The molecule has 7 nitrogen and oxygen atoms in total. The van der Waals surface area contributed by atoms with E-state index in [1.807, 2.05) is 60.7 Å². The lowest BCUT2D eigenvalue weighted by molar-refractivity contribution is 0.132. The van der Waals surface area contributed by atoms with Crippen molar-refractivity contribution in [3.63, 3.8) is 0 Å². The van der Waals surface area contributed by atoms with Crippen LogP contribution >= 0.6 is 0 Å². The summed E-state index contributed by atoms with van der Waals surface area (Å²) in [5.74, 6) is 1.32. The number of nitrogens with zero attached hydrogens (tertiary/aromatic N) is 3. The zero-order valence-electron chi connectivity index (χ0n) is 18.8. The van der Waals surface area contributed by atoms with Gasteiger partial charge in [-0.05, 0) is 70.8 Å². The molecule has 0 saturated heterocycles. The second-order valence-corrected chi connectivity index (χ2v) is 7.38. The molecule has 0 saturated carbocycles. The second-order valence-electron chi connectivity index (χ2n) is 7.38. The Bertz CT molecular complexity index is 1300. The third-order valence-corrected chi connectivity index (χ3v) is 4.68. The van der Waals surface area contributed by atoms with E-state index in [0.29, 0.717) is 18.1 Å². The molecule has 0 heterocycles. The Morgan fingerprint density at radius 2 is 1.14 bits per heavy atom. The first-order valence-electron chi connectivity index (χ1n) is 10.8. The van der Waals surface area contributed by atoms with Crippen LogP contribution < -0.4 is 9.68 Å². The Balaban J connectivity index is 1.28. The Morgan fingerprint density at radius 3 is 1.77 bits per heavy atom. The summed E-state index contributed by atoms with van der Waals surface area (Å²) in [5.41, 5.74) is 3.47. The zero-order chi connectivity index (χ0) is 24.1. The number of oxime groups is 3. The van der Waals surface area contributed by atoms with Crippen molar-refractivity contribution in [2.24, 2.45) is 15.5 Å². The summed E-state index contributed by atoms with van der Waals surface area (Å²) in [4.78, 5) is 16.2. The fourth-order valence-electron chi connectivity index (χ4n) is 2.94. The Kier molecular flexibility index (Phi) is 8.21. The molecule has 7 heteroatoms. The molecule has 0 fully saturated rings. The normalized spacial score (nSPS) is 11.3. The molecule has 0 bridgehead atoms. The average molecular weight is 466 g/mol. The van der Waals surface area contributed by atoms with Gasteiger partial charge in [-0.15, -0.1) is 0 Å². The van der Waals surface area contributed by atoms with E-state index in [-0.39, 0.29) is 5.75 Å². The van der Waals surface area contributed by atoms with Crippen LogP contribution in [0.3, 0.4) is 0 Å². The highest BCUT2D eigenvalue weighted by molar-refractivity contribution is 5.81. The smallest absolute Gasteiger partial charge is 0.158 e. The van der Waals surface area contributed by atoms with Gasteiger partial charge in [0.2, 0.25) is 0 Å². The molecular weight excluding hydrogens is 442 g/mol. The zero-order valence-corrected chi connectivity index (χ0v) is 18.8. The highest BCUT2D eigenvalue weighted by Crippen LogP contribution is 2.15. The summed E-state index contributed by atoms with van der Waals surface area (Å²) in [6.07, 6.45) is 4.77. The molecule has 0 aliphatic carbocycles. The van der Waals surface area contributed by atoms with Crippen molar-refractivity contribution in [1.29, 1.82) is 0 Å². The molecule has 174 valence electrons. The van der Waals surface area contributed by atoms with Crippen LogP contribution in [0.25, 0.3) is 0 Å². The standard InChI is InChI=1S/C28H23N3O4/c32-26-14-12-22(13-15-26)18-30-34-28-11-5-9-25(17-28)20-31-35-27-10-4-8-24(16-27)19-29-33-21-23-6-2-1-3-7-23/h1-20,32H,21H2/b29-19+,30-18+,31-20+. The van der Waals surface area contributed by atoms with E-state index in [1.165, 1.54) is 0 Å². The lowest BCUT2D eigenvalue weighted by Gasteiger charge is -2.01. The van der Waals surface area contributed by atoms with Crippen LogP contribution in [0.5, 0.6) is 17.2 Å². The molecular formula is C28H23N3O4. The van der Waals surface area contributed by atoms with Crippen LogP contribution in [0.2, 0.25) is 0 Å². The first kappa shape index (κ1) is 23.3. The van der Waals surface area contributed by atoms with Crippen LogP contribution in [0.1, 0.15) is 22.3 Å². The van der Waals surface area contributed by atoms with Crippen molar-refractivity contribution < 1.29 is 19.6 Å². The van der Waals surface area contributed by atoms with Crippen LogP contribution in [0, 0.1) is 0 Å². The van der Waals surface area contributed by atoms with Crippen molar-refractivity contribution >= 4 is 18.6 Å². The molecule has 4 aromatic carbocycles. The predicted molar refractivity (Wildman–Crippen MR) is 136 cm³/mol. The van der Waals surface area contributed by atoms with Gasteiger partial charge in [0.25, 0.3) is 0 Å². The van der Waals surface area contributed by atoms with E-state index < -0.39 is 0 Å². The van der Waals surface area contributed by atoms with Gasteiger partial charge < -0.3 is 19.6 Å². The highest BCUT2D eigenvalue weighted by Gasteiger charge is 1.98. The fraction of sp³-hybridized carbons (Fsp3) is 0.0357. The van der Waals surface area contributed by atoms with Crippen LogP contribution in [-0.4, -0.2) is 23.8 Å². The molecule has 0 spiro atoms. The molecule has 4 aromatic rings. The largest absolute Gasteiger partial charge is 0.508 e. The minimum absolute atomic E-state index is 0.199. The maximum absolute atomic E-state index is 9.32. The fourth-order valence-corrected chi connectivity index (χ4v) is 2.94. The van der Waals surface area contributed by atoms with E-state index in [0.717, 1.165) is 22.3 Å². The minimum atomic E-state index is 0.199. The monoisotopic (exact) mass is 465 g/mol. The van der Waals surface area contributed by atoms with E-state index in [2.05, 4.69) is 15.5 Å². The van der Waals surface area contributed by atoms with Crippen LogP contribution in [0.4, 0.5) is 0 Å². The van der Waals surface area contributed by atoms with Crippen molar-refractivity contribution in [1.82, 2.24) is 0 Å². The molecule has 0 amide bonds. The molecule has 0 radical (unpaired) electrons. The molecule has 1 N–H and O–H groups in total. The third kappa shape index (κ3) is 7.87. The van der Waals surface area contributed by atoms with Crippen molar-refractivity contribution in [2.45, 2.75) is 6.61 Å². The van der Waals surface area contributed by atoms with Gasteiger partial charge in [-0.3, -0.25) is 0 Å². The number of rotatable bonds is 10. The first-order valence-corrected chi connectivity index (χ1v) is 10.8. The van der Waals surface area contributed by atoms with Gasteiger partial charge >= 0.3 is 0 Å². The summed E-state index contributed by atoms with van der Waals surface area (Å²) in [7, 11) is 0. The quantitative estimate of drug-likeness (QED) is 0.238. The van der Waals surface area contributed by atoms with Crippen LogP contribution in [-0.2, 0) is 11.4 Å². The summed E-state index contributed by atoms with van der Waals surface area (Å²) < 4.78 is 0. The van der Waals surface area contributed by atoms with Gasteiger partial charge in [0.1, 0.15) is 12.4 Å². The lowest BCUT2D eigenvalue weighted by atomic mass is 10.2. The number of aromatic hydroxyl groups is 1. The molecule has 0 aliphatic heterocycles. The molecule has 0 aromatic heterocycles. The van der Waals surface area contributed by atoms with Gasteiger partial charge in [0.15, 0.2) is 11.5 Å². The number of phenols is 1. The number of benzene rings is 4. The SMILES string of the molecule is Oc1ccc(/C=N/Oc2cccc(/C=N/Oc3cccc(/C=N/OCc4ccccc4)c3)c2)cc1. The topological polar surface area (TPSA) is 85.0 Å².